The van der Waals surface area contributed by atoms with Gasteiger partial charge in [0, 0.05) is 18.5 Å². The Morgan fingerprint density at radius 3 is 2.64 bits per heavy atom. The van der Waals surface area contributed by atoms with Crippen LogP contribution < -0.4 is 24.3 Å². The molecule has 1 N–H and O–H groups in total. The highest BCUT2D eigenvalue weighted by Gasteiger charge is 2.33. The molecule has 3 aromatic carbocycles. The Balaban J connectivity index is 1.56. The van der Waals surface area contributed by atoms with E-state index in [2.05, 4.69) is 28.5 Å². The third kappa shape index (κ3) is 4.73. The van der Waals surface area contributed by atoms with Gasteiger partial charge >= 0.3 is 0 Å². The molecule has 2 aliphatic rings. The number of nitrogens with zero attached hydrogens (tertiary/aromatic N) is 3. The molecule has 8 heteroatoms. The molecule has 2 heterocycles. The minimum Gasteiger partial charge on any atom is -0.497 e. The molecule has 2 aliphatic heterocycles. The number of aliphatic imine (C=N–C) groups is 1. The van der Waals surface area contributed by atoms with Crippen LogP contribution in [0.5, 0.6) is 23.0 Å². The molecule has 0 fully saturated rings. The van der Waals surface area contributed by atoms with Crippen molar-refractivity contribution in [2.24, 2.45) is 4.99 Å². The summed E-state index contributed by atoms with van der Waals surface area (Å²) >= 11 is 0. The molecule has 0 saturated carbocycles. The first-order valence-electron chi connectivity index (χ1n) is 11.8. The molecule has 0 aromatic heterocycles. The van der Waals surface area contributed by atoms with Gasteiger partial charge in [-0.3, -0.25) is 5.32 Å². The van der Waals surface area contributed by atoms with Crippen molar-refractivity contribution in [3.05, 3.63) is 82.9 Å². The summed E-state index contributed by atoms with van der Waals surface area (Å²) in [5.41, 5.74) is 4.38. The van der Waals surface area contributed by atoms with E-state index in [9.17, 15) is 5.26 Å². The molecule has 3 aromatic rings. The highest BCUT2D eigenvalue weighted by atomic mass is 16.7. The lowest BCUT2D eigenvalue weighted by atomic mass is 9.88. The Morgan fingerprint density at radius 1 is 1.08 bits per heavy atom. The van der Waals surface area contributed by atoms with E-state index < -0.39 is 0 Å². The lowest BCUT2D eigenvalue weighted by Gasteiger charge is -2.39. The van der Waals surface area contributed by atoms with Crippen LogP contribution in [0.3, 0.4) is 0 Å². The quantitative estimate of drug-likeness (QED) is 0.243. The minimum atomic E-state index is -0.125. The Hall–Kier alpha value is -4.38. The van der Waals surface area contributed by atoms with Crippen LogP contribution in [0.1, 0.15) is 28.3 Å². The highest BCUT2D eigenvalue weighted by Crippen LogP contribution is 2.42. The maximum Gasteiger partial charge on any atom is 0.231 e. The largest absolute Gasteiger partial charge is 0.497 e. The van der Waals surface area contributed by atoms with Crippen molar-refractivity contribution in [2.75, 3.05) is 27.6 Å². The molecule has 1 unspecified atom stereocenters. The van der Waals surface area contributed by atoms with Crippen molar-refractivity contribution >= 4 is 5.96 Å². The smallest absolute Gasteiger partial charge is 0.231 e. The number of nitrogens with one attached hydrogen (secondary N) is 1. The fraction of sp³-hybridized carbons (Fsp3) is 0.286. The first-order chi connectivity index (χ1) is 17.7. The average Bonchev–Trinajstić information content (AvgIpc) is 3.38. The van der Waals surface area contributed by atoms with E-state index in [1.54, 1.807) is 14.2 Å². The Bertz CT molecular complexity index is 1300. The second-order valence-electron chi connectivity index (χ2n) is 8.61. The van der Waals surface area contributed by atoms with Crippen molar-refractivity contribution in [1.82, 2.24) is 10.2 Å². The van der Waals surface area contributed by atoms with Gasteiger partial charge in [-0.1, -0.05) is 30.3 Å². The van der Waals surface area contributed by atoms with Gasteiger partial charge in [0.05, 0.1) is 26.8 Å². The molecule has 0 aliphatic carbocycles. The Labute approximate surface area is 210 Å². The van der Waals surface area contributed by atoms with Crippen molar-refractivity contribution in [3.63, 3.8) is 0 Å². The predicted molar refractivity (Wildman–Crippen MR) is 135 cm³/mol. The number of methoxy groups -OCH3 is 2. The zero-order chi connectivity index (χ0) is 24.9. The summed E-state index contributed by atoms with van der Waals surface area (Å²) in [6, 6.07) is 19.8. The monoisotopic (exact) mass is 484 g/mol. The second-order valence-corrected chi connectivity index (χ2v) is 8.61. The third-order valence-corrected chi connectivity index (χ3v) is 6.59. The Kier molecular flexibility index (Phi) is 6.80. The summed E-state index contributed by atoms with van der Waals surface area (Å²) in [4.78, 5) is 6.98. The maximum atomic E-state index is 9.57. The Morgan fingerprint density at radius 2 is 1.89 bits per heavy atom. The molecule has 0 amide bonds. The molecular formula is C28H28N4O4. The second kappa shape index (κ2) is 10.5. The van der Waals surface area contributed by atoms with Crippen molar-refractivity contribution in [3.8, 4) is 29.2 Å². The summed E-state index contributed by atoms with van der Waals surface area (Å²) in [6.45, 7) is 1.37. The van der Waals surface area contributed by atoms with E-state index in [-0.39, 0.29) is 12.8 Å². The van der Waals surface area contributed by atoms with Crippen LogP contribution >= 0.6 is 0 Å². The average molecular weight is 485 g/mol. The molecule has 8 nitrogen and oxygen atoms in total. The normalized spacial score (nSPS) is 16.2. The number of benzene rings is 3. The molecule has 0 bridgehead atoms. The fourth-order valence-electron chi connectivity index (χ4n) is 4.82. The highest BCUT2D eigenvalue weighted by molar-refractivity contribution is 5.82. The summed E-state index contributed by atoms with van der Waals surface area (Å²) in [5.74, 6) is 3.57. The number of hydrogen-bond acceptors (Lipinski definition) is 6. The van der Waals surface area contributed by atoms with Gasteiger partial charge in [-0.25, -0.2) is 4.99 Å². The molecular weight excluding hydrogens is 456 g/mol. The number of nitriles is 1. The van der Waals surface area contributed by atoms with Crippen LogP contribution in [-0.2, 0) is 19.4 Å². The first-order valence-corrected chi connectivity index (χ1v) is 11.8. The summed E-state index contributed by atoms with van der Waals surface area (Å²) in [7, 11) is 3.32. The summed E-state index contributed by atoms with van der Waals surface area (Å²) < 4.78 is 22.5. The van der Waals surface area contributed by atoms with E-state index in [1.807, 2.05) is 48.5 Å². The van der Waals surface area contributed by atoms with Crippen LogP contribution in [0.15, 0.2) is 65.7 Å². The number of guanidine groups is 1. The van der Waals surface area contributed by atoms with E-state index >= 15 is 0 Å². The summed E-state index contributed by atoms with van der Waals surface area (Å²) in [5, 5.41) is 12.4. The van der Waals surface area contributed by atoms with Crippen LogP contribution in [-0.4, -0.2) is 38.4 Å². The molecule has 0 saturated heterocycles. The van der Waals surface area contributed by atoms with Crippen molar-refractivity contribution < 1.29 is 18.9 Å². The van der Waals surface area contributed by atoms with Gasteiger partial charge in [0.15, 0.2) is 17.7 Å². The van der Waals surface area contributed by atoms with E-state index in [4.69, 9.17) is 23.9 Å². The molecule has 5 rings (SSSR count). The van der Waals surface area contributed by atoms with Gasteiger partial charge in [-0.2, -0.15) is 5.26 Å². The molecule has 0 radical (unpaired) electrons. The van der Waals surface area contributed by atoms with Crippen LogP contribution in [0.4, 0.5) is 0 Å². The molecule has 1 atom stereocenters. The predicted octanol–water partition coefficient (Wildman–Crippen LogP) is 4.20. The minimum absolute atomic E-state index is 0.125. The van der Waals surface area contributed by atoms with Crippen LogP contribution in [0.25, 0.3) is 0 Å². The summed E-state index contributed by atoms with van der Waals surface area (Å²) in [6.07, 6.45) is 3.48. The van der Waals surface area contributed by atoms with Gasteiger partial charge in [-0.15, -0.1) is 0 Å². The van der Waals surface area contributed by atoms with Crippen LogP contribution in [0.2, 0.25) is 0 Å². The SMILES string of the molecule is COc1ccc(OC)c(CC2c3cc4c(cc3CCN2C(=NCc2ccccc2)NC#N)OCO4)c1. The van der Waals surface area contributed by atoms with Gasteiger partial charge in [0.2, 0.25) is 12.8 Å². The van der Waals surface area contributed by atoms with E-state index in [0.29, 0.717) is 25.5 Å². The van der Waals surface area contributed by atoms with Gasteiger partial charge < -0.3 is 23.8 Å². The standard InChI is InChI=1S/C28H28N4O4/c1-33-22-8-9-25(34-2)21(12-22)13-24-23-15-27-26(35-18-36-27)14-20(23)10-11-32(24)28(31-17-29)30-16-19-6-4-3-5-7-19/h3-9,12,14-15,24H,10-11,13,16,18H2,1-2H3,(H,30,31). The number of rotatable bonds is 6. The number of ether oxygens (including phenoxy) is 4. The van der Waals surface area contributed by atoms with Crippen LogP contribution in [0, 0.1) is 11.5 Å². The molecule has 184 valence electrons. The number of hydrogen-bond donors (Lipinski definition) is 1. The van der Waals surface area contributed by atoms with E-state index in [1.165, 1.54) is 5.56 Å². The van der Waals surface area contributed by atoms with E-state index in [0.717, 1.165) is 46.1 Å². The van der Waals surface area contributed by atoms with Crippen molar-refractivity contribution in [2.45, 2.75) is 25.4 Å². The zero-order valence-electron chi connectivity index (χ0n) is 20.4. The van der Waals surface area contributed by atoms with Gasteiger partial charge in [0.1, 0.15) is 11.5 Å². The zero-order valence-corrected chi connectivity index (χ0v) is 20.4. The lowest BCUT2D eigenvalue weighted by molar-refractivity contribution is 0.174. The van der Waals surface area contributed by atoms with Crippen molar-refractivity contribution in [1.29, 1.82) is 5.26 Å². The maximum absolute atomic E-state index is 9.57. The number of fused-ring (bicyclic) bond motifs is 2. The van der Waals surface area contributed by atoms with Gasteiger partial charge in [-0.05, 0) is 53.4 Å². The molecule has 36 heavy (non-hydrogen) atoms. The lowest BCUT2D eigenvalue weighted by Crippen LogP contribution is -2.46. The molecule has 0 spiro atoms. The van der Waals surface area contributed by atoms with Gasteiger partial charge in [0.25, 0.3) is 0 Å². The topological polar surface area (TPSA) is 88.3 Å². The fourth-order valence-corrected chi connectivity index (χ4v) is 4.82. The first kappa shape index (κ1) is 23.4. The third-order valence-electron chi connectivity index (χ3n) is 6.59.